The molecule has 24 heavy (non-hydrogen) atoms. The fourth-order valence-corrected chi connectivity index (χ4v) is 2.87. The molecule has 0 aliphatic carbocycles. The van der Waals surface area contributed by atoms with Crippen LogP contribution in [-0.2, 0) is 0 Å². The second kappa shape index (κ2) is 5.06. The van der Waals surface area contributed by atoms with E-state index < -0.39 is 0 Å². The Balaban J connectivity index is 1.65. The number of pyridine rings is 2. The molecule has 4 nitrogen and oxygen atoms in total. The summed E-state index contributed by atoms with van der Waals surface area (Å²) in [4.78, 5) is 8.27. The first kappa shape index (κ1) is 13.1. The number of hydrogen-bond acceptors (Lipinski definition) is 4. The minimum Gasteiger partial charge on any atom is -0.456 e. The Morgan fingerprint density at radius 1 is 0.625 bits per heavy atom. The summed E-state index contributed by atoms with van der Waals surface area (Å²) in [5, 5.41) is 2.02. The fraction of sp³-hybridized carbons (Fsp3) is 0. The standard InChI is InChI=1S/C20H12N2O2/c1-3-13(11-21-5-1)17-7-15-9-20-16(10-19(15)23-17)8-18(24-20)14-4-2-6-22-12-14/h1-12H. The molecular formula is C20H12N2O2. The van der Waals surface area contributed by atoms with E-state index in [2.05, 4.69) is 9.97 Å². The number of rotatable bonds is 2. The van der Waals surface area contributed by atoms with Crippen molar-refractivity contribution in [2.75, 3.05) is 0 Å². The van der Waals surface area contributed by atoms with Crippen LogP contribution < -0.4 is 0 Å². The molecule has 0 unspecified atom stereocenters. The molecule has 0 N–H and O–H groups in total. The fourth-order valence-electron chi connectivity index (χ4n) is 2.87. The summed E-state index contributed by atoms with van der Waals surface area (Å²) in [7, 11) is 0. The highest BCUT2D eigenvalue weighted by Gasteiger charge is 2.11. The zero-order valence-electron chi connectivity index (χ0n) is 12.6. The lowest BCUT2D eigenvalue weighted by Gasteiger charge is -1.92. The van der Waals surface area contributed by atoms with E-state index in [1.54, 1.807) is 24.8 Å². The van der Waals surface area contributed by atoms with Crippen LogP contribution >= 0.6 is 0 Å². The summed E-state index contributed by atoms with van der Waals surface area (Å²) < 4.78 is 12.0. The average molecular weight is 312 g/mol. The highest BCUT2D eigenvalue weighted by atomic mass is 16.3. The number of fused-ring (bicyclic) bond motifs is 2. The summed E-state index contributed by atoms with van der Waals surface area (Å²) >= 11 is 0. The topological polar surface area (TPSA) is 52.1 Å². The summed E-state index contributed by atoms with van der Waals surface area (Å²) in [6, 6.07) is 15.8. The van der Waals surface area contributed by atoms with Crippen molar-refractivity contribution in [2.24, 2.45) is 0 Å². The van der Waals surface area contributed by atoms with Gasteiger partial charge in [-0.1, -0.05) is 0 Å². The molecule has 4 aromatic heterocycles. The molecule has 4 heterocycles. The Kier molecular flexibility index (Phi) is 2.76. The molecular weight excluding hydrogens is 300 g/mol. The van der Waals surface area contributed by atoms with Gasteiger partial charge >= 0.3 is 0 Å². The summed E-state index contributed by atoms with van der Waals surface area (Å²) in [6.45, 7) is 0. The third-order valence-corrected chi connectivity index (χ3v) is 4.05. The van der Waals surface area contributed by atoms with E-state index >= 15 is 0 Å². The Labute approximate surface area is 137 Å². The van der Waals surface area contributed by atoms with Crippen molar-refractivity contribution in [2.45, 2.75) is 0 Å². The molecule has 0 saturated carbocycles. The molecule has 0 spiro atoms. The molecule has 4 heteroatoms. The van der Waals surface area contributed by atoms with E-state index in [1.807, 2.05) is 48.5 Å². The third-order valence-electron chi connectivity index (χ3n) is 4.05. The number of benzene rings is 1. The summed E-state index contributed by atoms with van der Waals surface area (Å²) in [6.07, 6.45) is 7.09. The summed E-state index contributed by atoms with van der Waals surface area (Å²) in [5.41, 5.74) is 3.59. The van der Waals surface area contributed by atoms with Crippen LogP contribution in [0.5, 0.6) is 0 Å². The van der Waals surface area contributed by atoms with E-state index in [0.717, 1.165) is 44.6 Å². The van der Waals surface area contributed by atoms with Gasteiger partial charge in [-0.25, -0.2) is 0 Å². The van der Waals surface area contributed by atoms with Gasteiger partial charge < -0.3 is 8.83 Å². The van der Waals surface area contributed by atoms with Crippen LogP contribution in [-0.4, -0.2) is 9.97 Å². The lowest BCUT2D eigenvalue weighted by atomic mass is 10.1. The SMILES string of the molecule is c1cncc(-c2cc3cc4oc(-c5cccnc5)cc4cc3o2)c1. The first-order valence-corrected chi connectivity index (χ1v) is 7.65. The van der Waals surface area contributed by atoms with Gasteiger partial charge in [0.2, 0.25) is 0 Å². The van der Waals surface area contributed by atoms with Crippen molar-refractivity contribution in [3.8, 4) is 22.6 Å². The highest BCUT2D eigenvalue weighted by molar-refractivity contribution is 5.96. The van der Waals surface area contributed by atoms with E-state index in [4.69, 9.17) is 8.83 Å². The Morgan fingerprint density at radius 3 is 1.54 bits per heavy atom. The lowest BCUT2D eigenvalue weighted by Crippen LogP contribution is -1.74. The van der Waals surface area contributed by atoms with E-state index in [9.17, 15) is 0 Å². The normalized spacial score (nSPS) is 11.3. The quantitative estimate of drug-likeness (QED) is 0.443. The van der Waals surface area contributed by atoms with Crippen LogP contribution in [0.25, 0.3) is 44.6 Å². The second-order valence-corrected chi connectivity index (χ2v) is 5.63. The van der Waals surface area contributed by atoms with Crippen LogP contribution in [0.1, 0.15) is 0 Å². The molecule has 0 bridgehead atoms. The minimum absolute atomic E-state index is 0.804. The first-order chi connectivity index (χ1) is 11.9. The largest absolute Gasteiger partial charge is 0.456 e. The van der Waals surface area contributed by atoms with Crippen molar-refractivity contribution in [1.29, 1.82) is 0 Å². The smallest absolute Gasteiger partial charge is 0.136 e. The van der Waals surface area contributed by atoms with Crippen LogP contribution in [0.15, 0.2) is 82.2 Å². The molecule has 0 aliphatic heterocycles. The molecule has 0 radical (unpaired) electrons. The maximum absolute atomic E-state index is 5.98. The van der Waals surface area contributed by atoms with Crippen LogP contribution in [0.2, 0.25) is 0 Å². The van der Waals surface area contributed by atoms with Crippen molar-refractivity contribution in [1.82, 2.24) is 9.97 Å². The maximum Gasteiger partial charge on any atom is 0.136 e. The Morgan fingerprint density at radius 2 is 1.12 bits per heavy atom. The Hall–Kier alpha value is -3.40. The number of nitrogens with zero attached hydrogens (tertiary/aromatic N) is 2. The predicted molar refractivity (Wildman–Crippen MR) is 92.4 cm³/mol. The molecule has 5 rings (SSSR count). The van der Waals surface area contributed by atoms with Gasteiger partial charge in [-0.05, 0) is 48.5 Å². The van der Waals surface area contributed by atoms with Gasteiger partial charge in [-0.2, -0.15) is 0 Å². The zero-order chi connectivity index (χ0) is 15.9. The number of furan rings is 2. The van der Waals surface area contributed by atoms with Gasteiger partial charge in [-0.15, -0.1) is 0 Å². The van der Waals surface area contributed by atoms with Gasteiger partial charge in [-0.3, -0.25) is 9.97 Å². The number of aromatic nitrogens is 2. The van der Waals surface area contributed by atoms with Gasteiger partial charge in [0, 0.05) is 46.7 Å². The minimum atomic E-state index is 0.804. The molecule has 0 saturated heterocycles. The average Bonchev–Trinajstić information content (AvgIpc) is 3.24. The monoisotopic (exact) mass is 312 g/mol. The van der Waals surface area contributed by atoms with Crippen LogP contribution in [0, 0.1) is 0 Å². The van der Waals surface area contributed by atoms with E-state index in [0.29, 0.717) is 0 Å². The zero-order valence-corrected chi connectivity index (χ0v) is 12.6. The third kappa shape index (κ3) is 2.08. The molecule has 114 valence electrons. The summed E-state index contributed by atoms with van der Waals surface area (Å²) in [5.74, 6) is 1.61. The van der Waals surface area contributed by atoms with Crippen molar-refractivity contribution >= 4 is 21.9 Å². The Bertz CT molecular complexity index is 1000. The molecule has 5 aromatic rings. The van der Waals surface area contributed by atoms with Crippen molar-refractivity contribution in [3.05, 3.63) is 73.3 Å². The van der Waals surface area contributed by atoms with Crippen LogP contribution in [0.3, 0.4) is 0 Å². The highest BCUT2D eigenvalue weighted by Crippen LogP contribution is 2.34. The predicted octanol–water partition coefficient (Wildman–Crippen LogP) is 5.30. The van der Waals surface area contributed by atoms with Gasteiger partial charge in [0.1, 0.15) is 22.7 Å². The van der Waals surface area contributed by atoms with Gasteiger partial charge in [0.15, 0.2) is 0 Å². The van der Waals surface area contributed by atoms with E-state index in [1.165, 1.54) is 0 Å². The van der Waals surface area contributed by atoms with Gasteiger partial charge in [0.05, 0.1) is 0 Å². The molecule has 0 atom stereocenters. The van der Waals surface area contributed by atoms with Crippen molar-refractivity contribution in [3.63, 3.8) is 0 Å². The van der Waals surface area contributed by atoms with E-state index in [-0.39, 0.29) is 0 Å². The second-order valence-electron chi connectivity index (χ2n) is 5.63. The first-order valence-electron chi connectivity index (χ1n) is 7.65. The molecule has 0 fully saturated rings. The maximum atomic E-state index is 5.98. The molecule has 1 aromatic carbocycles. The van der Waals surface area contributed by atoms with Crippen molar-refractivity contribution < 1.29 is 8.83 Å². The molecule has 0 aliphatic rings. The number of hydrogen-bond donors (Lipinski definition) is 0. The molecule has 0 amide bonds. The lowest BCUT2D eigenvalue weighted by molar-refractivity contribution is 0.627. The van der Waals surface area contributed by atoms with Crippen LogP contribution in [0.4, 0.5) is 0 Å². The van der Waals surface area contributed by atoms with Gasteiger partial charge in [0.25, 0.3) is 0 Å².